The number of hydrogen-bond acceptors (Lipinski definition) is 4. The molecule has 0 saturated carbocycles. The number of fused-ring (bicyclic) bond motifs is 1. The van der Waals surface area contributed by atoms with Crippen molar-refractivity contribution < 1.29 is 12.8 Å². The molecular formula is C16H15BrFN3O2S2. The maximum Gasteiger partial charge on any atom is 0.238 e. The molecule has 0 atom stereocenters. The Hall–Kier alpha value is -1.42. The molecule has 0 amide bonds. The summed E-state index contributed by atoms with van der Waals surface area (Å²) in [5.74, 6) is 0.314. The molecule has 0 aliphatic heterocycles. The van der Waals surface area contributed by atoms with Crippen LogP contribution in [-0.2, 0) is 22.3 Å². The van der Waals surface area contributed by atoms with Gasteiger partial charge >= 0.3 is 0 Å². The van der Waals surface area contributed by atoms with E-state index in [0.29, 0.717) is 22.3 Å². The molecule has 0 unspecified atom stereocenters. The standard InChI is InChI=1S/C16H15BrFN3O2S2/c1-2-21-15-6-4-11(25(19,22)23)8-14(15)20-16(21)24-9-10-3-5-13(18)12(17)7-10/h3-8H,2,9H2,1H3,(H2,19,22,23). The lowest BCUT2D eigenvalue weighted by molar-refractivity contribution is 0.598. The minimum Gasteiger partial charge on any atom is -0.319 e. The number of nitrogens with zero attached hydrogens (tertiary/aromatic N) is 2. The van der Waals surface area contributed by atoms with Crippen molar-refractivity contribution in [3.63, 3.8) is 0 Å². The Labute approximate surface area is 157 Å². The van der Waals surface area contributed by atoms with Crippen LogP contribution in [0.3, 0.4) is 0 Å². The Morgan fingerprint density at radius 2 is 2.04 bits per heavy atom. The smallest absolute Gasteiger partial charge is 0.238 e. The van der Waals surface area contributed by atoms with Gasteiger partial charge in [-0.2, -0.15) is 0 Å². The molecule has 0 fully saturated rings. The first kappa shape index (κ1) is 18.4. The molecule has 0 saturated heterocycles. The van der Waals surface area contributed by atoms with Crippen molar-refractivity contribution in [1.82, 2.24) is 9.55 Å². The molecule has 25 heavy (non-hydrogen) atoms. The van der Waals surface area contributed by atoms with Crippen molar-refractivity contribution in [2.24, 2.45) is 5.14 Å². The van der Waals surface area contributed by atoms with E-state index in [1.165, 1.54) is 30.0 Å². The highest BCUT2D eigenvalue weighted by Gasteiger charge is 2.14. The fourth-order valence-electron chi connectivity index (χ4n) is 2.46. The lowest BCUT2D eigenvalue weighted by atomic mass is 10.2. The van der Waals surface area contributed by atoms with Gasteiger partial charge in [-0.3, -0.25) is 0 Å². The van der Waals surface area contributed by atoms with Crippen molar-refractivity contribution in [2.45, 2.75) is 29.3 Å². The van der Waals surface area contributed by atoms with Crippen LogP contribution in [0.25, 0.3) is 11.0 Å². The number of nitrogens with two attached hydrogens (primary N) is 1. The van der Waals surface area contributed by atoms with Gasteiger partial charge in [-0.1, -0.05) is 17.8 Å². The zero-order valence-electron chi connectivity index (χ0n) is 13.2. The predicted molar refractivity (Wildman–Crippen MR) is 100 cm³/mol. The lowest BCUT2D eigenvalue weighted by Gasteiger charge is -2.06. The molecule has 3 rings (SSSR count). The number of imidazole rings is 1. The number of rotatable bonds is 5. The Balaban J connectivity index is 1.93. The minimum absolute atomic E-state index is 0.0415. The van der Waals surface area contributed by atoms with Crippen LogP contribution in [0.1, 0.15) is 12.5 Å². The SMILES string of the molecule is CCn1c(SCc2ccc(F)c(Br)c2)nc2cc(S(N)(=O)=O)ccc21. The first-order valence-electron chi connectivity index (χ1n) is 7.39. The van der Waals surface area contributed by atoms with Gasteiger partial charge in [0, 0.05) is 12.3 Å². The predicted octanol–water partition coefficient (Wildman–Crippen LogP) is 3.90. The normalized spacial score (nSPS) is 12.0. The van der Waals surface area contributed by atoms with Gasteiger partial charge in [0.1, 0.15) is 5.82 Å². The summed E-state index contributed by atoms with van der Waals surface area (Å²) < 4.78 is 38.8. The molecule has 2 N–H and O–H groups in total. The number of halogens is 2. The zero-order valence-corrected chi connectivity index (χ0v) is 16.5. The fraction of sp³-hybridized carbons (Fsp3) is 0.188. The third-order valence-corrected chi connectivity index (χ3v) is 6.25. The first-order chi connectivity index (χ1) is 11.8. The second-order valence-corrected chi connectivity index (χ2v) is 8.73. The third kappa shape index (κ3) is 3.89. The average molecular weight is 444 g/mol. The average Bonchev–Trinajstić information content (AvgIpc) is 2.91. The quantitative estimate of drug-likeness (QED) is 0.606. The number of aromatic nitrogens is 2. The van der Waals surface area contributed by atoms with Gasteiger partial charge in [-0.25, -0.2) is 22.9 Å². The van der Waals surface area contributed by atoms with Crippen LogP contribution in [-0.4, -0.2) is 18.0 Å². The molecule has 1 aromatic heterocycles. The molecule has 0 aliphatic carbocycles. The summed E-state index contributed by atoms with van der Waals surface area (Å²) in [7, 11) is -3.77. The fourth-order valence-corrected chi connectivity index (χ4v) is 4.44. The topological polar surface area (TPSA) is 78.0 Å². The van der Waals surface area contributed by atoms with Gasteiger partial charge < -0.3 is 4.57 Å². The van der Waals surface area contributed by atoms with Gasteiger partial charge in [-0.15, -0.1) is 0 Å². The molecule has 2 aromatic carbocycles. The molecule has 0 bridgehead atoms. The van der Waals surface area contributed by atoms with E-state index in [1.54, 1.807) is 18.2 Å². The largest absolute Gasteiger partial charge is 0.319 e. The van der Waals surface area contributed by atoms with E-state index in [1.807, 2.05) is 11.5 Å². The maximum atomic E-state index is 13.3. The highest BCUT2D eigenvalue weighted by Crippen LogP contribution is 2.29. The van der Waals surface area contributed by atoms with E-state index in [-0.39, 0.29) is 10.7 Å². The molecule has 9 heteroatoms. The van der Waals surface area contributed by atoms with Crippen molar-refractivity contribution in [2.75, 3.05) is 0 Å². The summed E-state index contributed by atoms with van der Waals surface area (Å²) in [6.45, 7) is 2.69. The maximum absolute atomic E-state index is 13.3. The van der Waals surface area contributed by atoms with Gasteiger partial charge in [0.25, 0.3) is 0 Å². The molecule has 0 spiro atoms. The van der Waals surface area contributed by atoms with Crippen LogP contribution >= 0.6 is 27.7 Å². The number of aryl methyl sites for hydroxylation is 1. The van der Waals surface area contributed by atoms with Crippen molar-refractivity contribution in [3.8, 4) is 0 Å². The number of hydrogen-bond donors (Lipinski definition) is 1. The summed E-state index contributed by atoms with van der Waals surface area (Å²) in [4.78, 5) is 4.57. The summed E-state index contributed by atoms with van der Waals surface area (Å²) in [5, 5.41) is 5.95. The van der Waals surface area contributed by atoms with Crippen LogP contribution < -0.4 is 5.14 Å². The summed E-state index contributed by atoms with van der Waals surface area (Å²) in [6.07, 6.45) is 0. The van der Waals surface area contributed by atoms with Crippen LogP contribution in [0.4, 0.5) is 4.39 Å². The Kier molecular flexibility index (Phi) is 5.19. The third-order valence-electron chi connectivity index (χ3n) is 3.68. The van der Waals surface area contributed by atoms with Crippen LogP contribution in [0.5, 0.6) is 0 Å². The number of primary sulfonamides is 1. The number of thioether (sulfide) groups is 1. The Morgan fingerprint density at radius 1 is 1.28 bits per heavy atom. The van der Waals surface area contributed by atoms with E-state index >= 15 is 0 Å². The number of benzene rings is 2. The van der Waals surface area contributed by atoms with Crippen molar-refractivity contribution >= 4 is 48.7 Å². The van der Waals surface area contributed by atoms with Crippen LogP contribution in [0.15, 0.2) is 50.9 Å². The van der Waals surface area contributed by atoms with E-state index < -0.39 is 10.0 Å². The lowest BCUT2D eigenvalue weighted by Crippen LogP contribution is -2.11. The van der Waals surface area contributed by atoms with Gasteiger partial charge in [0.05, 0.1) is 20.4 Å². The van der Waals surface area contributed by atoms with E-state index in [9.17, 15) is 12.8 Å². The molecule has 0 radical (unpaired) electrons. The molecule has 132 valence electrons. The zero-order chi connectivity index (χ0) is 18.2. The number of sulfonamides is 1. The summed E-state index contributed by atoms with van der Waals surface area (Å²) in [5.41, 5.74) is 2.38. The molecule has 1 heterocycles. The molecule has 3 aromatic rings. The highest BCUT2D eigenvalue weighted by atomic mass is 79.9. The van der Waals surface area contributed by atoms with E-state index in [2.05, 4.69) is 20.9 Å². The van der Waals surface area contributed by atoms with Gasteiger partial charge in [0.15, 0.2) is 5.16 Å². The Bertz CT molecular complexity index is 1050. The van der Waals surface area contributed by atoms with Gasteiger partial charge in [-0.05, 0) is 58.7 Å². The monoisotopic (exact) mass is 443 g/mol. The first-order valence-corrected chi connectivity index (χ1v) is 10.7. The second-order valence-electron chi connectivity index (χ2n) is 5.37. The summed E-state index contributed by atoms with van der Waals surface area (Å²) in [6, 6.07) is 9.56. The van der Waals surface area contributed by atoms with Crippen molar-refractivity contribution in [3.05, 3.63) is 52.3 Å². The van der Waals surface area contributed by atoms with Crippen LogP contribution in [0, 0.1) is 5.82 Å². The molecule has 5 nitrogen and oxygen atoms in total. The Morgan fingerprint density at radius 3 is 2.68 bits per heavy atom. The highest BCUT2D eigenvalue weighted by molar-refractivity contribution is 9.10. The second kappa shape index (κ2) is 7.06. The minimum atomic E-state index is -3.77. The van der Waals surface area contributed by atoms with Crippen molar-refractivity contribution in [1.29, 1.82) is 0 Å². The van der Waals surface area contributed by atoms with Crippen LogP contribution in [0.2, 0.25) is 0 Å². The molecular weight excluding hydrogens is 429 g/mol. The summed E-state index contributed by atoms with van der Waals surface area (Å²) >= 11 is 4.69. The molecule has 0 aliphatic rings. The van der Waals surface area contributed by atoms with Gasteiger partial charge in [0.2, 0.25) is 10.0 Å². The van der Waals surface area contributed by atoms with E-state index in [0.717, 1.165) is 16.2 Å². The van der Waals surface area contributed by atoms with E-state index in [4.69, 9.17) is 5.14 Å².